The lowest BCUT2D eigenvalue weighted by Crippen LogP contribution is -2.28. The Morgan fingerprint density at radius 3 is 2.39 bits per heavy atom. The molecule has 0 saturated heterocycles. The number of nitrogens with two attached hydrogens (primary N) is 1. The molecule has 122 valence electrons. The van der Waals surface area contributed by atoms with Crippen molar-refractivity contribution < 1.29 is 18.0 Å². The van der Waals surface area contributed by atoms with Crippen molar-refractivity contribution in [3.05, 3.63) is 59.4 Å². The second-order valence-electron chi connectivity index (χ2n) is 5.17. The van der Waals surface area contributed by atoms with Crippen LogP contribution in [0.1, 0.15) is 29.8 Å². The molecule has 0 radical (unpaired) electrons. The van der Waals surface area contributed by atoms with Crippen LogP contribution in [0.4, 0.5) is 18.9 Å². The number of carbonyl (C=O) groups is 1. The molecule has 7 heteroatoms. The highest BCUT2D eigenvalue weighted by molar-refractivity contribution is 5.78. The third kappa shape index (κ3) is 4.70. The first-order chi connectivity index (χ1) is 10.8. The molecule has 1 amide bonds. The molecule has 0 aliphatic heterocycles. The summed E-state index contributed by atoms with van der Waals surface area (Å²) in [4.78, 5) is 16.0. The molecule has 0 aliphatic carbocycles. The van der Waals surface area contributed by atoms with Crippen LogP contribution < -0.4 is 11.1 Å². The number of alkyl halides is 3. The predicted molar refractivity (Wildman–Crippen MR) is 80.4 cm³/mol. The zero-order valence-electron chi connectivity index (χ0n) is 12.4. The Kier molecular flexibility index (Phi) is 4.88. The first kappa shape index (κ1) is 16.8. The van der Waals surface area contributed by atoms with Gasteiger partial charge in [-0.2, -0.15) is 13.2 Å². The van der Waals surface area contributed by atoms with Gasteiger partial charge in [0.25, 0.3) is 0 Å². The molecule has 0 bridgehead atoms. The largest absolute Gasteiger partial charge is 0.416 e. The Balaban J connectivity index is 1.96. The number of halogens is 3. The van der Waals surface area contributed by atoms with E-state index in [0.29, 0.717) is 16.9 Å². The number of nitrogens with zero attached hydrogens (tertiary/aromatic N) is 1. The van der Waals surface area contributed by atoms with Crippen LogP contribution in [0.25, 0.3) is 0 Å². The lowest BCUT2D eigenvalue weighted by atomic mass is 10.1. The minimum Gasteiger partial charge on any atom is -0.397 e. The van der Waals surface area contributed by atoms with Crippen LogP contribution in [0, 0.1) is 0 Å². The maximum Gasteiger partial charge on any atom is 0.416 e. The van der Waals surface area contributed by atoms with E-state index >= 15 is 0 Å². The molecule has 0 aliphatic rings. The van der Waals surface area contributed by atoms with Crippen LogP contribution in [-0.2, 0) is 17.4 Å². The van der Waals surface area contributed by atoms with E-state index < -0.39 is 17.8 Å². The molecule has 1 atom stereocenters. The van der Waals surface area contributed by atoms with Gasteiger partial charge in [0.1, 0.15) is 0 Å². The van der Waals surface area contributed by atoms with E-state index in [4.69, 9.17) is 5.73 Å². The number of amides is 1. The molecule has 23 heavy (non-hydrogen) atoms. The number of anilines is 1. The predicted octanol–water partition coefficient (Wildman–Crippen LogP) is 3.10. The van der Waals surface area contributed by atoms with Gasteiger partial charge in [-0.25, -0.2) is 0 Å². The highest BCUT2D eigenvalue weighted by Crippen LogP contribution is 2.29. The molecule has 0 spiro atoms. The molecule has 1 aromatic heterocycles. The van der Waals surface area contributed by atoms with Gasteiger partial charge < -0.3 is 11.1 Å². The number of rotatable bonds is 4. The molecule has 2 rings (SSSR count). The molecule has 0 saturated carbocycles. The topological polar surface area (TPSA) is 68.0 Å². The number of benzene rings is 1. The average molecular weight is 323 g/mol. The van der Waals surface area contributed by atoms with Crippen molar-refractivity contribution in [2.75, 3.05) is 5.73 Å². The zero-order valence-corrected chi connectivity index (χ0v) is 12.4. The van der Waals surface area contributed by atoms with Gasteiger partial charge in [-0.3, -0.25) is 9.78 Å². The van der Waals surface area contributed by atoms with Gasteiger partial charge in [0.05, 0.1) is 29.9 Å². The summed E-state index contributed by atoms with van der Waals surface area (Å²) in [5.41, 5.74) is 6.46. The number of aromatic nitrogens is 1. The van der Waals surface area contributed by atoms with Crippen LogP contribution in [0.15, 0.2) is 42.6 Å². The summed E-state index contributed by atoms with van der Waals surface area (Å²) >= 11 is 0. The van der Waals surface area contributed by atoms with Crippen LogP contribution in [0.5, 0.6) is 0 Å². The summed E-state index contributed by atoms with van der Waals surface area (Å²) in [6.45, 7) is 1.71. The maximum atomic E-state index is 12.5. The average Bonchev–Trinajstić information content (AvgIpc) is 2.49. The van der Waals surface area contributed by atoms with Gasteiger partial charge in [0, 0.05) is 5.69 Å². The SMILES string of the molecule is CC(NC(=O)Cc1ccc(N)cn1)c1ccc(C(F)(F)F)cc1. The molecular weight excluding hydrogens is 307 g/mol. The van der Waals surface area contributed by atoms with Crippen molar-refractivity contribution in [2.45, 2.75) is 25.6 Å². The fraction of sp³-hybridized carbons (Fsp3) is 0.250. The van der Waals surface area contributed by atoms with Crippen molar-refractivity contribution >= 4 is 11.6 Å². The van der Waals surface area contributed by atoms with Crippen LogP contribution in [0.3, 0.4) is 0 Å². The van der Waals surface area contributed by atoms with E-state index in [9.17, 15) is 18.0 Å². The summed E-state index contributed by atoms with van der Waals surface area (Å²) in [6, 6.07) is 7.61. The summed E-state index contributed by atoms with van der Waals surface area (Å²) in [5, 5.41) is 2.73. The van der Waals surface area contributed by atoms with Gasteiger partial charge in [0.15, 0.2) is 0 Å². The summed E-state index contributed by atoms with van der Waals surface area (Å²) in [7, 11) is 0. The number of nitrogen functional groups attached to an aromatic ring is 1. The molecule has 1 aromatic carbocycles. The number of pyridine rings is 1. The highest BCUT2D eigenvalue weighted by Gasteiger charge is 2.30. The van der Waals surface area contributed by atoms with Crippen molar-refractivity contribution in [1.29, 1.82) is 0 Å². The summed E-state index contributed by atoms with van der Waals surface area (Å²) in [6.07, 6.45) is -2.83. The van der Waals surface area contributed by atoms with E-state index in [-0.39, 0.29) is 12.3 Å². The number of hydrogen-bond acceptors (Lipinski definition) is 3. The van der Waals surface area contributed by atoms with Crippen LogP contribution in [-0.4, -0.2) is 10.9 Å². The fourth-order valence-electron chi connectivity index (χ4n) is 2.04. The zero-order chi connectivity index (χ0) is 17.0. The van der Waals surface area contributed by atoms with Gasteiger partial charge >= 0.3 is 6.18 Å². The maximum absolute atomic E-state index is 12.5. The van der Waals surface area contributed by atoms with Gasteiger partial charge in [-0.15, -0.1) is 0 Å². The standard InChI is InChI=1S/C16H16F3N3O/c1-10(11-2-4-12(5-3-11)16(17,18)19)22-15(23)8-14-7-6-13(20)9-21-14/h2-7,9-10H,8,20H2,1H3,(H,22,23). The molecule has 0 fully saturated rings. The van der Waals surface area contributed by atoms with Crippen molar-refractivity contribution in [3.8, 4) is 0 Å². The fourth-order valence-corrected chi connectivity index (χ4v) is 2.04. The Bertz CT molecular complexity index is 666. The lowest BCUT2D eigenvalue weighted by Gasteiger charge is -2.15. The Labute approximate surface area is 131 Å². The molecule has 1 unspecified atom stereocenters. The van der Waals surface area contributed by atoms with E-state index in [1.54, 1.807) is 19.1 Å². The van der Waals surface area contributed by atoms with Crippen molar-refractivity contribution in [2.24, 2.45) is 0 Å². The number of nitrogens with one attached hydrogen (secondary N) is 1. The number of carbonyl (C=O) groups excluding carboxylic acids is 1. The molecule has 4 nitrogen and oxygen atoms in total. The quantitative estimate of drug-likeness (QED) is 0.908. The Morgan fingerprint density at radius 1 is 1.22 bits per heavy atom. The van der Waals surface area contributed by atoms with Gasteiger partial charge in [-0.1, -0.05) is 12.1 Å². The first-order valence-corrected chi connectivity index (χ1v) is 6.92. The minimum absolute atomic E-state index is 0.0747. The Morgan fingerprint density at radius 2 is 1.87 bits per heavy atom. The third-order valence-corrected chi connectivity index (χ3v) is 3.30. The van der Waals surface area contributed by atoms with Crippen LogP contribution in [0.2, 0.25) is 0 Å². The van der Waals surface area contributed by atoms with Crippen molar-refractivity contribution in [1.82, 2.24) is 10.3 Å². The normalized spacial score (nSPS) is 12.7. The third-order valence-electron chi connectivity index (χ3n) is 3.30. The lowest BCUT2D eigenvalue weighted by molar-refractivity contribution is -0.137. The van der Waals surface area contributed by atoms with Crippen LogP contribution >= 0.6 is 0 Å². The smallest absolute Gasteiger partial charge is 0.397 e. The summed E-state index contributed by atoms with van der Waals surface area (Å²) < 4.78 is 37.5. The molecule has 3 N–H and O–H groups in total. The minimum atomic E-state index is -4.37. The first-order valence-electron chi connectivity index (χ1n) is 6.92. The van der Waals surface area contributed by atoms with Crippen molar-refractivity contribution in [3.63, 3.8) is 0 Å². The van der Waals surface area contributed by atoms with E-state index in [2.05, 4.69) is 10.3 Å². The highest BCUT2D eigenvalue weighted by atomic mass is 19.4. The molecular formula is C16H16F3N3O. The second kappa shape index (κ2) is 6.68. The van der Waals surface area contributed by atoms with E-state index in [0.717, 1.165) is 12.1 Å². The summed E-state index contributed by atoms with van der Waals surface area (Å²) in [5.74, 6) is -0.269. The monoisotopic (exact) mass is 323 g/mol. The molecule has 2 aromatic rings. The van der Waals surface area contributed by atoms with E-state index in [1.807, 2.05) is 0 Å². The van der Waals surface area contributed by atoms with Gasteiger partial charge in [-0.05, 0) is 36.8 Å². The van der Waals surface area contributed by atoms with E-state index in [1.165, 1.54) is 18.3 Å². The second-order valence-corrected chi connectivity index (χ2v) is 5.17. The number of hydrogen-bond donors (Lipinski definition) is 2. The molecule has 1 heterocycles. The van der Waals surface area contributed by atoms with Gasteiger partial charge in [0.2, 0.25) is 5.91 Å². The Hall–Kier alpha value is -2.57.